The van der Waals surface area contributed by atoms with E-state index in [-0.39, 0.29) is 5.43 Å². The van der Waals surface area contributed by atoms with Crippen LogP contribution in [0.4, 0.5) is 5.69 Å². The Morgan fingerprint density at radius 1 is 1.00 bits per heavy atom. The molecule has 2 nitrogen and oxygen atoms in total. The van der Waals surface area contributed by atoms with E-state index in [1.54, 1.807) is 0 Å². The van der Waals surface area contributed by atoms with Gasteiger partial charge in [0.15, 0.2) is 5.43 Å². The van der Waals surface area contributed by atoms with Crippen molar-refractivity contribution in [2.24, 2.45) is 0 Å². The molecular formula is C16H16NOP. The fourth-order valence-electron chi connectivity index (χ4n) is 2.69. The molecule has 0 saturated carbocycles. The minimum Gasteiger partial charge on any atom is -0.398 e. The molecule has 1 atom stereocenters. The number of benzene rings is 2. The molecule has 0 fully saturated rings. The summed E-state index contributed by atoms with van der Waals surface area (Å²) >= 11 is 0. The van der Waals surface area contributed by atoms with Crippen LogP contribution < -0.4 is 11.2 Å². The van der Waals surface area contributed by atoms with Crippen LogP contribution in [-0.4, -0.2) is 0 Å². The van der Waals surface area contributed by atoms with E-state index < -0.39 is 7.53 Å². The first-order valence-corrected chi connectivity index (χ1v) is 7.84. The van der Waals surface area contributed by atoms with Crippen molar-refractivity contribution < 1.29 is 0 Å². The molecule has 0 saturated heterocycles. The van der Waals surface area contributed by atoms with Gasteiger partial charge in [-0.15, -0.1) is 7.53 Å². The van der Waals surface area contributed by atoms with Crippen LogP contribution in [-0.2, 0) is 0 Å². The molecule has 3 aromatic rings. The van der Waals surface area contributed by atoms with Crippen molar-refractivity contribution in [1.29, 1.82) is 0 Å². The highest BCUT2D eigenvalue weighted by Gasteiger charge is 2.15. The molecule has 3 heteroatoms. The molecule has 19 heavy (non-hydrogen) atoms. The minimum atomic E-state index is -0.556. The summed E-state index contributed by atoms with van der Waals surface area (Å²) in [4.78, 5) is 12.6. The van der Waals surface area contributed by atoms with Crippen molar-refractivity contribution in [3.63, 3.8) is 0 Å². The van der Waals surface area contributed by atoms with Crippen molar-refractivity contribution >= 4 is 34.2 Å². The molecule has 1 heterocycles. The zero-order valence-electron chi connectivity index (χ0n) is 11.1. The van der Waals surface area contributed by atoms with E-state index in [9.17, 15) is 4.79 Å². The topological polar surface area (TPSA) is 43.1 Å². The highest BCUT2D eigenvalue weighted by atomic mass is 31.1. The van der Waals surface area contributed by atoms with Crippen LogP contribution in [0.15, 0.2) is 47.3 Å². The van der Waals surface area contributed by atoms with Crippen LogP contribution in [0.3, 0.4) is 0 Å². The molecule has 96 valence electrons. The molecule has 0 aliphatic carbocycles. The third kappa shape index (κ3) is 1.75. The summed E-state index contributed by atoms with van der Waals surface area (Å²) in [5.41, 5.74) is 7.48. The number of hydrogen-bond donors (Lipinski definition) is 1. The number of nitrogens with two attached hydrogens (primary N) is 1. The molecule has 1 unspecified atom stereocenters. The molecular weight excluding hydrogens is 253 g/mol. The average molecular weight is 269 g/mol. The van der Waals surface area contributed by atoms with E-state index >= 15 is 0 Å². The first-order chi connectivity index (χ1) is 9.11. The number of anilines is 1. The first kappa shape index (κ1) is 12.3. The van der Waals surface area contributed by atoms with Crippen molar-refractivity contribution in [3.05, 3.63) is 52.7 Å². The predicted molar refractivity (Wildman–Crippen MR) is 85.2 cm³/mol. The largest absolute Gasteiger partial charge is 0.398 e. The van der Waals surface area contributed by atoms with Crippen LogP contribution in [0, 0.1) is 0 Å². The number of rotatable bonds is 1. The van der Waals surface area contributed by atoms with E-state index in [1.807, 2.05) is 36.4 Å². The molecule has 0 bridgehead atoms. The zero-order chi connectivity index (χ0) is 13.6. The summed E-state index contributed by atoms with van der Waals surface area (Å²) in [5.74, 6) is 0. The maximum absolute atomic E-state index is 12.6. The van der Waals surface area contributed by atoms with Crippen molar-refractivity contribution in [3.8, 4) is 0 Å². The molecule has 2 N–H and O–H groups in total. The van der Waals surface area contributed by atoms with Crippen LogP contribution in [0.2, 0.25) is 0 Å². The lowest BCUT2D eigenvalue weighted by molar-refractivity contribution is 1.04. The Bertz CT molecular complexity index is 833. The van der Waals surface area contributed by atoms with E-state index in [0.717, 1.165) is 21.6 Å². The van der Waals surface area contributed by atoms with Gasteiger partial charge in [0.25, 0.3) is 0 Å². The normalized spacial score (nSPS) is 12.5. The van der Waals surface area contributed by atoms with Crippen LogP contribution in [0.25, 0.3) is 21.0 Å². The molecule has 3 rings (SSSR count). The molecule has 0 spiro atoms. The van der Waals surface area contributed by atoms with Crippen molar-refractivity contribution in [1.82, 2.24) is 0 Å². The smallest absolute Gasteiger partial charge is 0.194 e. The van der Waals surface area contributed by atoms with E-state index in [0.29, 0.717) is 5.66 Å². The Labute approximate surface area is 112 Å². The lowest BCUT2D eigenvalue weighted by Gasteiger charge is -2.16. The summed E-state index contributed by atoms with van der Waals surface area (Å²) < 4.78 is 0. The van der Waals surface area contributed by atoms with E-state index in [1.165, 1.54) is 5.12 Å². The second-order valence-corrected chi connectivity index (χ2v) is 7.76. The SMILES string of the molecule is CC(C)p1c2ccccc2c(=O)c2cccc(N)c21. The molecule has 0 aliphatic rings. The van der Waals surface area contributed by atoms with Crippen LogP contribution >= 0.6 is 7.53 Å². The van der Waals surface area contributed by atoms with Gasteiger partial charge in [0.1, 0.15) is 0 Å². The Morgan fingerprint density at radius 3 is 2.42 bits per heavy atom. The van der Waals surface area contributed by atoms with Gasteiger partial charge < -0.3 is 5.73 Å². The summed E-state index contributed by atoms with van der Waals surface area (Å²) in [7, 11) is -0.556. The van der Waals surface area contributed by atoms with Gasteiger partial charge in [-0.25, -0.2) is 0 Å². The predicted octanol–water partition coefficient (Wildman–Crippen LogP) is 4.50. The lowest BCUT2D eigenvalue weighted by atomic mass is 10.2. The third-order valence-corrected chi connectivity index (χ3v) is 6.40. The summed E-state index contributed by atoms with van der Waals surface area (Å²) in [5, 5.41) is 3.87. The quantitative estimate of drug-likeness (QED) is 0.522. The average Bonchev–Trinajstić information content (AvgIpc) is 2.40. The summed E-state index contributed by atoms with van der Waals surface area (Å²) in [6.45, 7) is 4.41. The van der Waals surface area contributed by atoms with Gasteiger partial charge in [-0.05, 0) is 17.8 Å². The fourth-order valence-corrected chi connectivity index (χ4v) is 5.48. The molecule has 2 aromatic carbocycles. The minimum absolute atomic E-state index is 0.109. The number of fused-ring (bicyclic) bond motifs is 2. The fraction of sp³-hybridized carbons (Fsp3) is 0.188. The monoisotopic (exact) mass is 269 g/mol. The molecule has 0 radical (unpaired) electrons. The third-order valence-electron chi connectivity index (χ3n) is 3.48. The first-order valence-electron chi connectivity index (χ1n) is 6.42. The Morgan fingerprint density at radius 2 is 1.68 bits per heavy atom. The zero-order valence-corrected chi connectivity index (χ0v) is 11.9. The number of hydrogen-bond acceptors (Lipinski definition) is 2. The lowest BCUT2D eigenvalue weighted by Crippen LogP contribution is -2.03. The molecule has 0 aliphatic heterocycles. The standard InChI is InChI=1S/C16H16NOP/c1-10(2)19-14-9-4-3-6-11(14)15(18)12-7-5-8-13(17)16(12)19/h3-10H,17H2,1-2H3. The maximum atomic E-state index is 12.6. The molecule has 1 aromatic heterocycles. The van der Waals surface area contributed by atoms with Gasteiger partial charge in [0.05, 0.1) is 0 Å². The highest BCUT2D eigenvalue weighted by molar-refractivity contribution is 7.61. The van der Waals surface area contributed by atoms with Gasteiger partial charge in [-0.1, -0.05) is 44.2 Å². The van der Waals surface area contributed by atoms with Gasteiger partial charge in [0.2, 0.25) is 0 Å². The van der Waals surface area contributed by atoms with Gasteiger partial charge in [0, 0.05) is 26.7 Å². The van der Waals surface area contributed by atoms with Crippen molar-refractivity contribution in [2.75, 3.05) is 5.73 Å². The maximum Gasteiger partial charge on any atom is 0.194 e. The van der Waals surface area contributed by atoms with Gasteiger partial charge in [-0.3, -0.25) is 4.79 Å². The van der Waals surface area contributed by atoms with E-state index in [4.69, 9.17) is 5.73 Å². The van der Waals surface area contributed by atoms with Crippen LogP contribution in [0.1, 0.15) is 19.5 Å². The van der Waals surface area contributed by atoms with Crippen molar-refractivity contribution in [2.45, 2.75) is 19.5 Å². The van der Waals surface area contributed by atoms with Gasteiger partial charge >= 0.3 is 0 Å². The van der Waals surface area contributed by atoms with Crippen LogP contribution in [0.5, 0.6) is 0 Å². The Kier molecular flexibility index (Phi) is 2.83. The second kappa shape index (κ2) is 4.40. The van der Waals surface area contributed by atoms with E-state index in [2.05, 4.69) is 19.9 Å². The molecule has 0 amide bonds. The Balaban J connectivity index is 2.71. The summed E-state index contributed by atoms with van der Waals surface area (Å²) in [6, 6.07) is 13.6. The van der Waals surface area contributed by atoms with Gasteiger partial charge in [-0.2, -0.15) is 0 Å². The summed E-state index contributed by atoms with van der Waals surface area (Å²) in [6.07, 6.45) is 0. The second-order valence-electron chi connectivity index (χ2n) is 5.05. The highest BCUT2D eigenvalue weighted by Crippen LogP contribution is 2.52. The number of nitrogen functional groups attached to an aromatic ring is 1. The Hall–Kier alpha value is -1.79.